The summed E-state index contributed by atoms with van der Waals surface area (Å²) < 4.78 is 0. The molecular weight excluding hydrogens is 230 g/mol. The minimum absolute atomic E-state index is 0.244. The monoisotopic (exact) mass is 243 g/mol. The number of aromatic nitrogens is 2. The largest absolute Gasteiger partial charge is 0.394 e. The van der Waals surface area contributed by atoms with Gasteiger partial charge in [0.15, 0.2) is 0 Å². The highest BCUT2D eigenvalue weighted by molar-refractivity contribution is 5.92. The van der Waals surface area contributed by atoms with Crippen LogP contribution in [0.25, 0.3) is 0 Å². The Morgan fingerprint density at radius 2 is 1.94 bits per heavy atom. The maximum absolute atomic E-state index is 11.6. The van der Waals surface area contributed by atoms with Gasteiger partial charge in [-0.25, -0.2) is 4.79 Å². The molecule has 0 aromatic carbocycles. The quantitative estimate of drug-likeness (QED) is 0.399. The van der Waals surface area contributed by atoms with E-state index < -0.39 is 35.9 Å². The van der Waals surface area contributed by atoms with Gasteiger partial charge < -0.3 is 20.5 Å². The Kier molecular flexibility index (Phi) is 3.81. The summed E-state index contributed by atoms with van der Waals surface area (Å²) in [6.45, 7) is 0.446. The molecule has 1 rings (SSSR count). The Labute approximate surface area is 95.3 Å². The highest BCUT2D eigenvalue weighted by Gasteiger charge is 2.25. The number of carbonyl (C=O) groups excluding carboxylic acids is 1. The first-order chi connectivity index (χ1) is 7.90. The molecule has 0 bridgehead atoms. The molecule has 0 saturated heterocycles. The third kappa shape index (κ3) is 3.26. The number of amides is 1. The van der Waals surface area contributed by atoms with Crippen molar-refractivity contribution in [1.82, 2.24) is 15.3 Å². The van der Waals surface area contributed by atoms with Gasteiger partial charge in [-0.3, -0.25) is 14.6 Å². The Balaban J connectivity index is 2.98. The highest BCUT2D eigenvalue weighted by Crippen LogP contribution is 2.02. The first kappa shape index (κ1) is 13.1. The van der Waals surface area contributed by atoms with Crippen LogP contribution in [0.1, 0.15) is 17.4 Å². The highest BCUT2D eigenvalue weighted by atomic mass is 16.3. The molecular formula is C9H13N3O5. The van der Waals surface area contributed by atoms with Gasteiger partial charge in [-0.05, 0) is 6.92 Å². The second-order valence-electron chi connectivity index (χ2n) is 3.83. The van der Waals surface area contributed by atoms with Crippen molar-refractivity contribution in [3.05, 3.63) is 32.6 Å². The van der Waals surface area contributed by atoms with Crippen molar-refractivity contribution in [3.63, 3.8) is 0 Å². The number of nitrogens with one attached hydrogen (secondary N) is 3. The normalized spacial score (nSPS) is 11.2. The number of hydrogen-bond acceptors (Lipinski definition) is 5. The molecule has 94 valence electrons. The summed E-state index contributed by atoms with van der Waals surface area (Å²) >= 11 is 0. The average molecular weight is 243 g/mol. The number of rotatable bonds is 4. The van der Waals surface area contributed by atoms with Crippen molar-refractivity contribution >= 4 is 5.91 Å². The number of aromatic amines is 2. The van der Waals surface area contributed by atoms with Crippen molar-refractivity contribution in [1.29, 1.82) is 0 Å². The summed E-state index contributed by atoms with van der Waals surface area (Å²) in [6.07, 6.45) is 0. The molecule has 0 radical (unpaired) electrons. The van der Waals surface area contributed by atoms with Gasteiger partial charge in [0.05, 0.1) is 18.8 Å². The van der Waals surface area contributed by atoms with E-state index in [1.165, 1.54) is 6.92 Å². The third-order valence-electron chi connectivity index (χ3n) is 2.12. The molecule has 0 unspecified atom stereocenters. The number of hydrogen-bond donors (Lipinski definition) is 5. The van der Waals surface area contributed by atoms with Crippen molar-refractivity contribution < 1.29 is 15.0 Å². The van der Waals surface area contributed by atoms with Crippen LogP contribution in [0, 0.1) is 0 Å². The molecule has 0 fully saturated rings. The van der Waals surface area contributed by atoms with E-state index in [9.17, 15) is 14.4 Å². The van der Waals surface area contributed by atoms with Crippen LogP contribution in [0.5, 0.6) is 0 Å². The number of aliphatic hydroxyl groups excluding tert-OH is 2. The summed E-state index contributed by atoms with van der Waals surface area (Å²) in [5, 5.41) is 20.3. The fourth-order valence-corrected chi connectivity index (χ4v) is 1.06. The van der Waals surface area contributed by atoms with Gasteiger partial charge in [0.2, 0.25) is 0 Å². The molecule has 0 aliphatic carbocycles. The summed E-state index contributed by atoms with van der Waals surface area (Å²) in [7, 11) is 0. The molecule has 8 nitrogen and oxygen atoms in total. The van der Waals surface area contributed by atoms with Crippen LogP contribution in [-0.2, 0) is 0 Å². The predicted molar refractivity (Wildman–Crippen MR) is 57.7 cm³/mol. The van der Waals surface area contributed by atoms with Gasteiger partial charge in [0, 0.05) is 6.07 Å². The Morgan fingerprint density at radius 3 is 2.41 bits per heavy atom. The van der Waals surface area contributed by atoms with E-state index in [0.29, 0.717) is 0 Å². The van der Waals surface area contributed by atoms with E-state index in [1.54, 1.807) is 0 Å². The molecule has 1 aromatic rings. The topological polar surface area (TPSA) is 135 Å². The zero-order chi connectivity index (χ0) is 13.1. The maximum atomic E-state index is 11.6. The fourth-order valence-electron chi connectivity index (χ4n) is 1.06. The molecule has 0 atom stereocenters. The molecule has 0 spiro atoms. The van der Waals surface area contributed by atoms with E-state index in [4.69, 9.17) is 10.2 Å². The smallest absolute Gasteiger partial charge is 0.326 e. The lowest BCUT2D eigenvalue weighted by molar-refractivity contribution is 0.0719. The van der Waals surface area contributed by atoms with Crippen LogP contribution in [0.4, 0.5) is 0 Å². The van der Waals surface area contributed by atoms with Crippen molar-refractivity contribution in [3.8, 4) is 0 Å². The second-order valence-corrected chi connectivity index (χ2v) is 3.83. The standard InChI is InChI=1S/C9H13N3O5/c1-9(3-13,4-14)12-7(16)5-2-6(15)11-8(17)10-5/h2,13-14H,3-4H2,1H3,(H,12,16)(H2,10,11,15,17). The Morgan fingerprint density at radius 1 is 1.35 bits per heavy atom. The number of H-pyrrole nitrogens is 2. The molecule has 0 saturated carbocycles. The summed E-state index contributed by atoms with van der Waals surface area (Å²) in [5.74, 6) is -0.765. The van der Waals surface area contributed by atoms with Gasteiger partial charge in [0.25, 0.3) is 11.5 Å². The van der Waals surface area contributed by atoms with E-state index >= 15 is 0 Å². The third-order valence-corrected chi connectivity index (χ3v) is 2.12. The lowest BCUT2D eigenvalue weighted by Crippen LogP contribution is -2.52. The molecule has 1 heterocycles. The molecule has 1 aromatic heterocycles. The van der Waals surface area contributed by atoms with Crippen LogP contribution in [0.15, 0.2) is 15.7 Å². The van der Waals surface area contributed by atoms with E-state index in [1.807, 2.05) is 4.98 Å². The number of carbonyl (C=O) groups is 1. The lowest BCUT2D eigenvalue weighted by Gasteiger charge is -2.25. The zero-order valence-electron chi connectivity index (χ0n) is 9.11. The SMILES string of the molecule is CC(CO)(CO)NC(=O)c1cc(=O)[nH]c(=O)[nH]1. The first-order valence-corrected chi connectivity index (χ1v) is 4.78. The van der Waals surface area contributed by atoms with Gasteiger partial charge in [-0.1, -0.05) is 0 Å². The van der Waals surface area contributed by atoms with Crippen LogP contribution in [0.3, 0.4) is 0 Å². The van der Waals surface area contributed by atoms with Crippen molar-refractivity contribution in [2.75, 3.05) is 13.2 Å². The Hall–Kier alpha value is -1.93. The lowest BCUT2D eigenvalue weighted by atomic mass is 10.1. The molecule has 8 heteroatoms. The molecule has 0 aliphatic rings. The van der Waals surface area contributed by atoms with Crippen LogP contribution in [0.2, 0.25) is 0 Å². The van der Waals surface area contributed by atoms with Crippen LogP contribution in [-0.4, -0.2) is 44.8 Å². The van der Waals surface area contributed by atoms with Gasteiger partial charge in [0.1, 0.15) is 5.69 Å². The molecule has 17 heavy (non-hydrogen) atoms. The van der Waals surface area contributed by atoms with E-state index in [0.717, 1.165) is 6.07 Å². The van der Waals surface area contributed by atoms with Gasteiger partial charge in [-0.2, -0.15) is 0 Å². The summed E-state index contributed by atoms with van der Waals surface area (Å²) in [5.41, 5.74) is -2.99. The molecule has 0 aliphatic heterocycles. The second kappa shape index (κ2) is 4.93. The molecule has 1 amide bonds. The number of aliphatic hydroxyl groups is 2. The average Bonchev–Trinajstić information content (AvgIpc) is 2.27. The zero-order valence-corrected chi connectivity index (χ0v) is 9.11. The molecule has 5 N–H and O–H groups in total. The maximum Gasteiger partial charge on any atom is 0.326 e. The minimum atomic E-state index is -1.23. The van der Waals surface area contributed by atoms with Crippen molar-refractivity contribution in [2.45, 2.75) is 12.5 Å². The van der Waals surface area contributed by atoms with Crippen molar-refractivity contribution in [2.24, 2.45) is 0 Å². The summed E-state index contributed by atoms with van der Waals surface area (Å²) in [4.78, 5) is 37.6. The fraction of sp³-hybridized carbons (Fsp3) is 0.444. The Bertz CT molecular complexity index is 486. The predicted octanol–water partition coefficient (Wildman–Crippen LogP) is -2.46. The van der Waals surface area contributed by atoms with Crippen LogP contribution < -0.4 is 16.6 Å². The van der Waals surface area contributed by atoms with Gasteiger partial charge >= 0.3 is 5.69 Å². The van der Waals surface area contributed by atoms with Gasteiger partial charge in [-0.15, -0.1) is 0 Å². The van der Waals surface area contributed by atoms with E-state index in [2.05, 4.69) is 10.3 Å². The first-order valence-electron chi connectivity index (χ1n) is 4.78. The minimum Gasteiger partial charge on any atom is -0.394 e. The summed E-state index contributed by atoms with van der Waals surface area (Å²) in [6, 6.07) is 0.909. The van der Waals surface area contributed by atoms with Crippen LogP contribution >= 0.6 is 0 Å². The van der Waals surface area contributed by atoms with E-state index in [-0.39, 0.29) is 5.69 Å².